The molecule has 0 aromatic carbocycles. The van der Waals surface area contributed by atoms with Crippen molar-refractivity contribution < 1.29 is 5.11 Å². The van der Waals surface area contributed by atoms with Gasteiger partial charge >= 0.3 is 0 Å². The number of aryl methyl sites for hydroxylation is 1. The molecular formula is C14H20OS. The van der Waals surface area contributed by atoms with Crippen molar-refractivity contribution in [2.45, 2.75) is 51.0 Å². The van der Waals surface area contributed by atoms with Gasteiger partial charge in [-0.1, -0.05) is 0 Å². The molecule has 2 heteroatoms. The number of aliphatic hydroxyl groups is 1. The molecule has 1 heterocycles. The molecule has 0 spiro atoms. The Morgan fingerprint density at radius 3 is 2.75 bits per heavy atom. The van der Waals surface area contributed by atoms with Crippen molar-refractivity contribution in [1.82, 2.24) is 0 Å². The molecule has 1 N–H and O–H groups in total. The molecule has 16 heavy (non-hydrogen) atoms. The minimum atomic E-state index is -0.504. The average Bonchev–Trinajstić information content (AvgIpc) is 3.01. The van der Waals surface area contributed by atoms with Crippen molar-refractivity contribution in [3.05, 3.63) is 21.9 Å². The van der Waals surface area contributed by atoms with E-state index in [2.05, 4.69) is 18.4 Å². The van der Waals surface area contributed by atoms with Crippen molar-refractivity contribution in [2.75, 3.05) is 0 Å². The third-order valence-electron chi connectivity index (χ3n) is 4.41. The van der Waals surface area contributed by atoms with Crippen LogP contribution in [0.2, 0.25) is 0 Å². The Kier molecular flexibility index (Phi) is 2.60. The van der Waals surface area contributed by atoms with Gasteiger partial charge in [0.2, 0.25) is 0 Å². The van der Waals surface area contributed by atoms with Gasteiger partial charge in [0.15, 0.2) is 0 Å². The molecule has 0 radical (unpaired) electrons. The third kappa shape index (κ3) is 1.82. The van der Waals surface area contributed by atoms with Crippen LogP contribution in [0.5, 0.6) is 0 Å². The Labute approximate surface area is 102 Å². The second kappa shape index (κ2) is 3.85. The first kappa shape index (κ1) is 10.8. The van der Waals surface area contributed by atoms with Gasteiger partial charge in [-0.2, -0.15) is 0 Å². The maximum atomic E-state index is 10.9. The van der Waals surface area contributed by atoms with Crippen LogP contribution < -0.4 is 0 Å². The summed E-state index contributed by atoms with van der Waals surface area (Å²) >= 11 is 1.76. The molecule has 1 nitrogen and oxygen atoms in total. The van der Waals surface area contributed by atoms with Gasteiger partial charge in [-0.15, -0.1) is 11.3 Å². The number of hydrogen-bond donors (Lipinski definition) is 1. The fourth-order valence-corrected chi connectivity index (χ4v) is 4.17. The minimum absolute atomic E-state index is 0.504. The van der Waals surface area contributed by atoms with Crippen molar-refractivity contribution in [2.24, 2.45) is 11.8 Å². The predicted octanol–water partition coefficient (Wildman–Crippen LogP) is 3.84. The van der Waals surface area contributed by atoms with Crippen LogP contribution in [0.3, 0.4) is 0 Å². The van der Waals surface area contributed by atoms with Crippen LogP contribution in [-0.2, 0) is 5.60 Å². The van der Waals surface area contributed by atoms with Gasteiger partial charge in [-0.05, 0) is 74.3 Å². The Morgan fingerprint density at radius 2 is 2.12 bits per heavy atom. The van der Waals surface area contributed by atoms with E-state index < -0.39 is 5.60 Å². The molecule has 3 rings (SSSR count). The molecule has 88 valence electrons. The van der Waals surface area contributed by atoms with E-state index in [0.717, 1.165) is 24.7 Å². The first-order valence-electron chi connectivity index (χ1n) is 6.46. The minimum Gasteiger partial charge on any atom is -0.385 e. The molecule has 2 saturated carbocycles. The first-order valence-corrected chi connectivity index (χ1v) is 7.34. The second-order valence-electron chi connectivity index (χ2n) is 5.62. The topological polar surface area (TPSA) is 20.2 Å². The molecule has 1 aromatic rings. The van der Waals surface area contributed by atoms with Crippen LogP contribution >= 0.6 is 11.3 Å². The largest absolute Gasteiger partial charge is 0.385 e. The van der Waals surface area contributed by atoms with E-state index in [-0.39, 0.29) is 0 Å². The van der Waals surface area contributed by atoms with Gasteiger partial charge in [0.05, 0.1) is 5.60 Å². The van der Waals surface area contributed by atoms with Gasteiger partial charge in [0.1, 0.15) is 0 Å². The van der Waals surface area contributed by atoms with E-state index in [1.807, 2.05) is 0 Å². The standard InChI is InChI=1S/C14H20OS/c1-10-13(6-8-16-10)14(15)7-2-3-12(9-14)11-4-5-11/h6,8,11-12,15H,2-5,7,9H2,1H3. The summed E-state index contributed by atoms with van der Waals surface area (Å²) in [5, 5.41) is 13.0. The molecule has 2 fully saturated rings. The van der Waals surface area contributed by atoms with Gasteiger partial charge in [-0.3, -0.25) is 0 Å². The lowest BCUT2D eigenvalue weighted by atomic mass is 9.73. The van der Waals surface area contributed by atoms with Crippen LogP contribution in [-0.4, -0.2) is 5.11 Å². The highest BCUT2D eigenvalue weighted by atomic mass is 32.1. The molecule has 0 amide bonds. The number of hydrogen-bond acceptors (Lipinski definition) is 2. The van der Waals surface area contributed by atoms with Crippen molar-refractivity contribution in [3.8, 4) is 0 Å². The zero-order valence-corrected chi connectivity index (χ0v) is 10.7. The van der Waals surface area contributed by atoms with Crippen LogP contribution in [0.4, 0.5) is 0 Å². The lowest BCUT2D eigenvalue weighted by molar-refractivity contribution is -0.0252. The van der Waals surface area contributed by atoms with Crippen molar-refractivity contribution >= 4 is 11.3 Å². The lowest BCUT2D eigenvalue weighted by Crippen LogP contribution is -2.33. The first-order chi connectivity index (χ1) is 7.69. The molecule has 2 atom stereocenters. The highest BCUT2D eigenvalue weighted by Gasteiger charge is 2.42. The molecule has 0 saturated heterocycles. The molecular weight excluding hydrogens is 216 g/mol. The second-order valence-corrected chi connectivity index (χ2v) is 6.74. The van der Waals surface area contributed by atoms with Crippen molar-refractivity contribution in [3.63, 3.8) is 0 Å². The van der Waals surface area contributed by atoms with E-state index in [1.165, 1.54) is 36.1 Å². The highest BCUT2D eigenvalue weighted by molar-refractivity contribution is 7.10. The van der Waals surface area contributed by atoms with Gasteiger partial charge < -0.3 is 5.11 Å². The van der Waals surface area contributed by atoms with Crippen LogP contribution in [0.15, 0.2) is 11.4 Å². The van der Waals surface area contributed by atoms with Gasteiger partial charge in [0.25, 0.3) is 0 Å². The maximum absolute atomic E-state index is 10.9. The van der Waals surface area contributed by atoms with Crippen LogP contribution in [0, 0.1) is 18.8 Å². The Hall–Kier alpha value is -0.340. The highest BCUT2D eigenvalue weighted by Crippen LogP contribution is 2.50. The van der Waals surface area contributed by atoms with Crippen LogP contribution in [0.25, 0.3) is 0 Å². The summed E-state index contributed by atoms with van der Waals surface area (Å²) < 4.78 is 0. The SMILES string of the molecule is Cc1sccc1C1(O)CCCC(C2CC2)C1. The Balaban J connectivity index is 1.83. The Morgan fingerprint density at radius 1 is 1.31 bits per heavy atom. The molecule has 1 aromatic heterocycles. The van der Waals surface area contributed by atoms with E-state index in [4.69, 9.17) is 0 Å². The fourth-order valence-electron chi connectivity index (χ4n) is 3.38. The summed E-state index contributed by atoms with van der Waals surface area (Å²) in [5.74, 6) is 1.73. The molecule has 2 unspecified atom stereocenters. The zero-order chi connectivity index (χ0) is 11.2. The summed E-state index contributed by atoms with van der Waals surface area (Å²) in [5.41, 5.74) is 0.707. The van der Waals surface area contributed by atoms with Crippen LogP contribution in [0.1, 0.15) is 49.0 Å². The number of thiophene rings is 1. The zero-order valence-electron chi connectivity index (χ0n) is 9.91. The molecule has 0 aliphatic heterocycles. The summed E-state index contributed by atoms with van der Waals surface area (Å²) in [7, 11) is 0. The third-order valence-corrected chi connectivity index (χ3v) is 5.26. The van der Waals surface area contributed by atoms with E-state index in [0.29, 0.717) is 0 Å². The molecule has 0 bridgehead atoms. The maximum Gasteiger partial charge on any atom is 0.0909 e. The average molecular weight is 236 g/mol. The lowest BCUT2D eigenvalue weighted by Gasteiger charge is -2.37. The number of rotatable bonds is 2. The summed E-state index contributed by atoms with van der Waals surface area (Å²) in [6.45, 7) is 2.14. The smallest absolute Gasteiger partial charge is 0.0909 e. The quantitative estimate of drug-likeness (QED) is 0.827. The predicted molar refractivity (Wildman–Crippen MR) is 67.6 cm³/mol. The monoisotopic (exact) mass is 236 g/mol. The summed E-state index contributed by atoms with van der Waals surface area (Å²) in [6, 6.07) is 2.13. The van der Waals surface area contributed by atoms with Crippen molar-refractivity contribution in [1.29, 1.82) is 0 Å². The van der Waals surface area contributed by atoms with E-state index in [1.54, 1.807) is 11.3 Å². The van der Waals surface area contributed by atoms with E-state index in [9.17, 15) is 5.11 Å². The normalized spacial score (nSPS) is 35.2. The molecule has 2 aliphatic rings. The van der Waals surface area contributed by atoms with Gasteiger partial charge in [-0.25, -0.2) is 0 Å². The summed E-state index contributed by atoms with van der Waals surface area (Å²) in [4.78, 5) is 1.30. The Bertz CT molecular complexity index is 380. The summed E-state index contributed by atoms with van der Waals surface area (Å²) in [6.07, 6.45) is 7.33. The molecule has 2 aliphatic carbocycles. The van der Waals surface area contributed by atoms with Gasteiger partial charge in [0, 0.05) is 4.88 Å². The van der Waals surface area contributed by atoms with E-state index >= 15 is 0 Å². The fraction of sp³-hybridized carbons (Fsp3) is 0.714.